The quantitative estimate of drug-likeness (QED) is 0.635. The van der Waals surface area contributed by atoms with Crippen molar-refractivity contribution in [3.05, 3.63) is 12.2 Å². The molecule has 0 spiro atoms. The van der Waals surface area contributed by atoms with E-state index in [1.807, 2.05) is 11.8 Å². The summed E-state index contributed by atoms with van der Waals surface area (Å²) in [6.45, 7) is 6.59. The average Bonchev–Trinajstić information content (AvgIpc) is 1.91. The molecule has 1 aliphatic rings. The molecule has 1 aliphatic carbocycles. The van der Waals surface area contributed by atoms with Crippen LogP contribution in [0.15, 0.2) is 12.2 Å². The zero-order valence-corrected chi connectivity index (χ0v) is 8.90. The molecule has 12 heavy (non-hydrogen) atoms. The molecule has 0 bridgehead atoms. The van der Waals surface area contributed by atoms with Crippen LogP contribution in [0, 0.1) is 0 Å². The van der Waals surface area contributed by atoms with Crippen LogP contribution in [0.5, 0.6) is 0 Å². The number of hydrogen-bond acceptors (Lipinski definition) is 2. The van der Waals surface area contributed by atoms with Gasteiger partial charge in [0.05, 0.1) is 6.10 Å². The topological polar surface area (TPSA) is 20.2 Å². The van der Waals surface area contributed by atoms with Gasteiger partial charge in [-0.25, -0.2) is 0 Å². The van der Waals surface area contributed by atoms with Gasteiger partial charge in [-0.15, -0.1) is 11.8 Å². The summed E-state index contributed by atoms with van der Waals surface area (Å²) in [5, 5.41) is 10.1. The lowest BCUT2D eigenvalue weighted by Crippen LogP contribution is -2.28. The molecule has 1 N–H and O–H groups in total. The largest absolute Gasteiger partial charge is 0.392 e. The van der Waals surface area contributed by atoms with E-state index in [1.54, 1.807) is 0 Å². The maximum atomic E-state index is 9.66. The van der Waals surface area contributed by atoms with E-state index in [-0.39, 0.29) is 10.9 Å². The van der Waals surface area contributed by atoms with Gasteiger partial charge in [0.2, 0.25) is 0 Å². The van der Waals surface area contributed by atoms with E-state index in [0.717, 1.165) is 12.8 Å². The van der Waals surface area contributed by atoms with Gasteiger partial charge in [-0.3, -0.25) is 0 Å². The minimum Gasteiger partial charge on any atom is -0.392 e. The molecule has 70 valence electrons. The summed E-state index contributed by atoms with van der Waals surface area (Å²) in [6.07, 6.45) is 5.95. The first kappa shape index (κ1) is 10.1. The van der Waals surface area contributed by atoms with Gasteiger partial charge < -0.3 is 5.11 Å². The van der Waals surface area contributed by atoms with Crippen LogP contribution in [0.1, 0.15) is 33.6 Å². The van der Waals surface area contributed by atoms with Gasteiger partial charge in [-0.05, 0) is 12.8 Å². The highest BCUT2D eigenvalue weighted by atomic mass is 32.2. The Hall–Kier alpha value is 0.0500. The molecule has 0 saturated heterocycles. The van der Waals surface area contributed by atoms with Gasteiger partial charge >= 0.3 is 0 Å². The van der Waals surface area contributed by atoms with Gasteiger partial charge in [0, 0.05) is 10.00 Å². The standard InChI is InChI=1S/C10H18OS/c1-10(2,3)12-9-7-5-4-6-8(9)11/h4-5,8-9,11H,6-7H2,1-3H3. The number of hydrogen-bond donors (Lipinski definition) is 1. The molecule has 0 aromatic heterocycles. The Kier molecular flexibility index (Phi) is 3.24. The molecule has 0 saturated carbocycles. The molecule has 2 atom stereocenters. The first-order chi connectivity index (χ1) is 5.49. The van der Waals surface area contributed by atoms with Gasteiger partial charge in [0.15, 0.2) is 0 Å². The van der Waals surface area contributed by atoms with E-state index in [4.69, 9.17) is 0 Å². The third-order valence-electron chi connectivity index (χ3n) is 1.85. The Morgan fingerprint density at radius 3 is 2.33 bits per heavy atom. The highest BCUT2D eigenvalue weighted by molar-refractivity contribution is 8.01. The van der Waals surface area contributed by atoms with Crippen molar-refractivity contribution in [3.63, 3.8) is 0 Å². The lowest BCUT2D eigenvalue weighted by molar-refractivity contribution is 0.170. The Balaban J connectivity index is 2.46. The molecular weight excluding hydrogens is 168 g/mol. The number of aliphatic hydroxyl groups is 1. The van der Waals surface area contributed by atoms with E-state index >= 15 is 0 Å². The molecule has 0 aromatic rings. The molecule has 2 unspecified atom stereocenters. The molecule has 0 aliphatic heterocycles. The smallest absolute Gasteiger partial charge is 0.0696 e. The predicted octanol–water partition coefficient (Wildman–Crippen LogP) is 2.60. The van der Waals surface area contributed by atoms with Crippen LogP contribution >= 0.6 is 11.8 Å². The second kappa shape index (κ2) is 3.84. The van der Waals surface area contributed by atoms with Gasteiger partial charge in [-0.1, -0.05) is 32.9 Å². The fourth-order valence-corrected chi connectivity index (χ4v) is 2.74. The zero-order valence-electron chi connectivity index (χ0n) is 8.08. The lowest BCUT2D eigenvalue weighted by Gasteiger charge is -2.30. The van der Waals surface area contributed by atoms with Crippen molar-refractivity contribution in [1.29, 1.82) is 0 Å². The summed E-state index contributed by atoms with van der Waals surface area (Å²) in [6, 6.07) is 0. The number of aliphatic hydroxyl groups excluding tert-OH is 1. The van der Waals surface area contributed by atoms with Crippen LogP contribution in [-0.4, -0.2) is 21.2 Å². The van der Waals surface area contributed by atoms with Crippen molar-refractivity contribution in [1.82, 2.24) is 0 Å². The second-order valence-electron chi connectivity index (χ2n) is 4.28. The molecule has 0 heterocycles. The highest BCUT2D eigenvalue weighted by Gasteiger charge is 2.25. The van der Waals surface area contributed by atoms with Crippen molar-refractivity contribution in [2.75, 3.05) is 0 Å². The maximum Gasteiger partial charge on any atom is 0.0696 e. The molecule has 1 rings (SSSR count). The Labute approximate surface area is 79.2 Å². The second-order valence-corrected chi connectivity index (χ2v) is 6.34. The van der Waals surface area contributed by atoms with E-state index in [9.17, 15) is 5.11 Å². The van der Waals surface area contributed by atoms with Gasteiger partial charge in [-0.2, -0.15) is 0 Å². The summed E-state index contributed by atoms with van der Waals surface area (Å²) in [4.78, 5) is 0. The van der Waals surface area contributed by atoms with E-state index in [0.29, 0.717) is 5.25 Å². The molecule has 0 amide bonds. The SMILES string of the molecule is CC(C)(C)SC1CC=CCC1O. The predicted molar refractivity (Wildman–Crippen MR) is 55.5 cm³/mol. The summed E-state index contributed by atoms with van der Waals surface area (Å²) in [5.41, 5.74) is 0. The third-order valence-corrected chi connectivity index (χ3v) is 3.36. The summed E-state index contributed by atoms with van der Waals surface area (Å²) >= 11 is 1.88. The van der Waals surface area contributed by atoms with Crippen molar-refractivity contribution >= 4 is 11.8 Å². The average molecular weight is 186 g/mol. The normalized spacial score (nSPS) is 30.7. The van der Waals surface area contributed by atoms with Crippen LogP contribution in [0.3, 0.4) is 0 Å². The lowest BCUT2D eigenvalue weighted by atomic mass is 10.0. The number of thioether (sulfide) groups is 1. The van der Waals surface area contributed by atoms with Crippen molar-refractivity contribution in [2.45, 2.75) is 49.7 Å². The Bertz CT molecular complexity index is 169. The number of allylic oxidation sites excluding steroid dienone is 1. The van der Waals surface area contributed by atoms with Crippen LogP contribution < -0.4 is 0 Å². The van der Waals surface area contributed by atoms with Crippen LogP contribution in [0.4, 0.5) is 0 Å². The molecular formula is C10H18OS. The minimum atomic E-state index is -0.140. The minimum absolute atomic E-state index is 0.140. The van der Waals surface area contributed by atoms with Gasteiger partial charge in [0.25, 0.3) is 0 Å². The monoisotopic (exact) mass is 186 g/mol. The fraction of sp³-hybridized carbons (Fsp3) is 0.800. The van der Waals surface area contributed by atoms with Gasteiger partial charge in [0.1, 0.15) is 0 Å². The molecule has 0 fully saturated rings. The molecule has 1 nitrogen and oxygen atoms in total. The highest BCUT2D eigenvalue weighted by Crippen LogP contribution is 2.34. The van der Waals surface area contributed by atoms with Crippen LogP contribution in [0.25, 0.3) is 0 Å². The molecule has 2 heteroatoms. The van der Waals surface area contributed by atoms with E-state index in [2.05, 4.69) is 32.9 Å². The van der Waals surface area contributed by atoms with E-state index in [1.165, 1.54) is 0 Å². The first-order valence-corrected chi connectivity index (χ1v) is 5.38. The van der Waals surface area contributed by atoms with Crippen molar-refractivity contribution in [2.24, 2.45) is 0 Å². The molecule has 0 radical (unpaired) electrons. The Morgan fingerprint density at radius 2 is 1.83 bits per heavy atom. The van der Waals surface area contributed by atoms with E-state index < -0.39 is 0 Å². The van der Waals surface area contributed by atoms with Crippen LogP contribution in [-0.2, 0) is 0 Å². The third kappa shape index (κ3) is 3.20. The zero-order chi connectivity index (χ0) is 9.19. The summed E-state index contributed by atoms with van der Waals surface area (Å²) in [7, 11) is 0. The molecule has 0 aromatic carbocycles. The maximum absolute atomic E-state index is 9.66. The first-order valence-electron chi connectivity index (χ1n) is 4.50. The fourth-order valence-electron chi connectivity index (χ4n) is 1.36. The summed E-state index contributed by atoms with van der Waals surface area (Å²) < 4.78 is 0.261. The van der Waals surface area contributed by atoms with Crippen molar-refractivity contribution < 1.29 is 5.11 Å². The summed E-state index contributed by atoms with van der Waals surface area (Å²) in [5.74, 6) is 0. The van der Waals surface area contributed by atoms with Crippen LogP contribution in [0.2, 0.25) is 0 Å². The number of rotatable bonds is 1. The Morgan fingerprint density at radius 1 is 1.25 bits per heavy atom. The van der Waals surface area contributed by atoms with Crippen molar-refractivity contribution in [3.8, 4) is 0 Å².